The largest absolute Gasteiger partial charge is 0.391 e. The Morgan fingerprint density at radius 2 is 2.21 bits per heavy atom. The Bertz CT molecular complexity index is 569. The van der Waals surface area contributed by atoms with E-state index in [0.29, 0.717) is 5.69 Å². The highest BCUT2D eigenvalue weighted by atomic mass is 16.6. The van der Waals surface area contributed by atoms with Gasteiger partial charge in [-0.25, -0.2) is 0 Å². The van der Waals surface area contributed by atoms with Crippen LogP contribution in [0.4, 0.5) is 11.4 Å². The molecule has 0 bridgehead atoms. The standard InChI is InChI=1S/C12H12N2O5/c1-7(15)10-4-8(14(18)19)2-3-11(10)13-6-9(16)5-12(13)17/h2-4,9,16H,5-6H2,1H3. The second-order valence-corrected chi connectivity index (χ2v) is 4.38. The first-order valence-electron chi connectivity index (χ1n) is 5.68. The number of benzene rings is 1. The summed E-state index contributed by atoms with van der Waals surface area (Å²) in [6, 6.07) is 3.75. The normalized spacial score (nSPS) is 18.7. The molecule has 1 aromatic rings. The Morgan fingerprint density at radius 3 is 2.68 bits per heavy atom. The van der Waals surface area contributed by atoms with Gasteiger partial charge in [-0.1, -0.05) is 0 Å². The molecule has 0 aliphatic carbocycles. The van der Waals surface area contributed by atoms with E-state index in [0.717, 1.165) is 6.07 Å². The van der Waals surface area contributed by atoms with Crippen LogP contribution >= 0.6 is 0 Å². The molecule has 2 rings (SSSR count). The minimum absolute atomic E-state index is 0.00562. The maximum absolute atomic E-state index is 11.7. The van der Waals surface area contributed by atoms with Gasteiger partial charge in [-0.3, -0.25) is 19.7 Å². The fraction of sp³-hybridized carbons (Fsp3) is 0.333. The number of β-amino-alcohol motifs (C(OH)–C–C–N with tert-alkyl or cyclic N) is 1. The van der Waals surface area contributed by atoms with Gasteiger partial charge in [0.25, 0.3) is 5.69 Å². The van der Waals surface area contributed by atoms with Crippen LogP contribution < -0.4 is 4.90 Å². The fourth-order valence-corrected chi connectivity index (χ4v) is 2.08. The van der Waals surface area contributed by atoms with Gasteiger partial charge in [0, 0.05) is 17.7 Å². The van der Waals surface area contributed by atoms with Crippen molar-refractivity contribution in [3.8, 4) is 0 Å². The lowest BCUT2D eigenvalue weighted by molar-refractivity contribution is -0.384. The van der Waals surface area contributed by atoms with Crippen LogP contribution in [-0.2, 0) is 4.79 Å². The minimum atomic E-state index is -0.775. The number of rotatable bonds is 3. The average Bonchev–Trinajstić information content (AvgIpc) is 2.67. The highest BCUT2D eigenvalue weighted by Gasteiger charge is 2.31. The summed E-state index contributed by atoms with van der Waals surface area (Å²) in [6.07, 6.45) is -0.781. The summed E-state index contributed by atoms with van der Waals surface area (Å²) in [6.45, 7) is 1.37. The molecule has 1 fully saturated rings. The van der Waals surface area contributed by atoms with Crippen LogP contribution in [0.25, 0.3) is 0 Å². The van der Waals surface area contributed by atoms with E-state index in [1.165, 1.54) is 24.0 Å². The van der Waals surface area contributed by atoms with Gasteiger partial charge >= 0.3 is 0 Å². The van der Waals surface area contributed by atoms with Crippen molar-refractivity contribution in [3.63, 3.8) is 0 Å². The monoisotopic (exact) mass is 264 g/mol. The van der Waals surface area contributed by atoms with Gasteiger partial charge < -0.3 is 10.0 Å². The molecule has 1 saturated heterocycles. The maximum Gasteiger partial charge on any atom is 0.270 e. The molecule has 1 aromatic carbocycles. The molecule has 1 unspecified atom stereocenters. The molecular weight excluding hydrogens is 252 g/mol. The highest BCUT2D eigenvalue weighted by Crippen LogP contribution is 2.29. The van der Waals surface area contributed by atoms with Crippen LogP contribution in [0.2, 0.25) is 0 Å². The van der Waals surface area contributed by atoms with Crippen molar-refractivity contribution < 1.29 is 19.6 Å². The Labute approximate surface area is 108 Å². The number of hydrogen-bond acceptors (Lipinski definition) is 5. The number of aliphatic hydroxyl groups excluding tert-OH is 1. The van der Waals surface area contributed by atoms with Crippen LogP contribution in [0.15, 0.2) is 18.2 Å². The van der Waals surface area contributed by atoms with Crippen LogP contribution in [0.3, 0.4) is 0 Å². The van der Waals surface area contributed by atoms with Crippen molar-refractivity contribution in [2.24, 2.45) is 0 Å². The molecule has 1 heterocycles. The molecule has 1 aliphatic heterocycles. The lowest BCUT2D eigenvalue weighted by atomic mass is 10.1. The number of ketones is 1. The van der Waals surface area contributed by atoms with Gasteiger partial charge in [0.1, 0.15) is 0 Å². The van der Waals surface area contributed by atoms with Gasteiger partial charge in [-0.05, 0) is 13.0 Å². The summed E-state index contributed by atoms with van der Waals surface area (Å²) in [5.74, 6) is -0.670. The first kappa shape index (κ1) is 13.2. The molecule has 7 heteroatoms. The SMILES string of the molecule is CC(=O)c1cc([N+](=O)[O-])ccc1N1CC(O)CC1=O. The van der Waals surface area contributed by atoms with E-state index in [4.69, 9.17) is 0 Å². The number of nitro groups is 1. The van der Waals surface area contributed by atoms with E-state index < -0.39 is 11.0 Å². The van der Waals surface area contributed by atoms with E-state index in [-0.39, 0.29) is 35.9 Å². The predicted octanol–water partition coefficient (Wildman–Crippen LogP) is 0.895. The van der Waals surface area contributed by atoms with Crippen LogP contribution in [0, 0.1) is 10.1 Å². The van der Waals surface area contributed by atoms with Gasteiger partial charge in [0.2, 0.25) is 5.91 Å². The summed E-state index contributed by atoms with van der Waals surface area (Å²) in [5, 5.41) is 20.1. The van der Waals surface area contributed by atoms with Crippen molar-refractivity contribution >= 4 is 23.1 Å². The quantitative estimate of drug-likeness (QED) is 0.496. The summed E-state index contributed by atoms with van der Waals surface area (Å²) in [7, 11) is 0. The third-order valence-corrected chi connectivity index (χ3v) is 2.97. The zero-order valence-corrected chi connectivity index (χ0v) is 10.2. The zero-order chi connectivity index (χ0) is 14.2. The summed E-state index contributed by atoms with van der Waals surface area (Å²) in [4.78, 5) is 34.6. The number of hydrogen-bond donors (Lipinski definition) is 1. The topological polar surface area (TPSA) is 101 Å². The number of nitrogens with zero attached hydrogens (tertiary/aromatic N) is 2. The Kier molecular flexibility index (Phi) is 3.30. The summed E-state index contributed by atoms with van der Waals surface area (Å²) in [5.41, 5.74) is 0.206. The first-order chi connectivity index (χ1) is 8.90. The molecule has 1 amide bonds. The number of non-ortho nitro benzene ring substituents is 1. The molecular formula is C12H12N2O5. The second-order valence-electron chi connectivity index (χ2n) is 4.38. The summed E-state index contributed by atoms with van der Waals surface area (Å²) < 4.78 is 0. The van der Waals surface area contributed by atoms with Gasteiger partial charge in [0.05, 0.1) is 29.7 Å². The summed E-state index contributed by atoms with van der Waals surface area (Å²) >= 11 is 0. The third-order valence-electron chi connectivity index (χ3n) is 2.97. The smallest absolute Gasteiger partial charge is 0.270 e. The number of carbonyl (C=O) groups excluding carboxylic acids is 2. The van der Waals surface area contributed by atoms with Crippen LogP contribution in [0.1, 0.15) is 23.7 Å². The van der Waals surface area contributed by atoms with Crippen LogP contribution in [0.5, 0.6) is 0 Å². The molecule has 0 aromatic heterocycles. The lowest BCUT2D eigenvalue weighted by Gasteiger charge is -2.18. The van der Waals surface area contributed by atoms with E-state index in [9.17, 15) is 24.8 Å². The number of amides is 1. The van der Waals surface area contributed by atoms with E-state index in [1.54, 1.807) is 0 Å². The van der Waals surface area contributed by atoms with Gasteiger partial charge in [-0.2, -0.15) is 0 Å². The van der Waals surface area contributed by atoms with Crippen molar-refractivity contribution in [2.75, 3.05) is 11.4 Å². The zero-order valence-electron chi connectivity index (χ0n) is 10.2. The molecule has 7 nitrogen and oxygen atoms in total. The number of aliphatic hydroxyl groups is 1. The molecule has 1 aliphatic rings. The van der Waals surface area contributed by atoms with Crippen molar-refractivity contribution in [1.29, 1.82) is 0 Å². The van der Waals surface area contributed by atoms with Crippen molar-refractivity contribution in [1.82, 2.24) is 0 Å². The number of nitro benzene ring substituents is 1. The molecule has 0 saturated carbocycles. The molecule has 1 atom stereocenters. The molecule has 100 valence electrons. The minimum Gasteiger partial charge on any atom is -0.391 e. The predicted molar refractivity (Wildman–Crippen MR) is 66.1 cm³/mol. The average molecular weight is 264 g/mol. The third kappa shape index (κ3) is 2.45. The highest BCUT2D eigenvalue weighted by molar-refractivity contribution is 6.06. The number of Topliss-reactive ketones (excluding diaryl/α,β-unsaturated/α-hetero) is 1. The van der Waals surface area contributed by atoms with E-state index in [1.807, 2.05) is 0 Å². The lowest BCUT2D eigenvalue weighted by Crippen LogP contribution is -2.27. The van der Waals surface area contributed by atoms with Crippen LogP contribution in [-0.4, -0.2) is 34.4 Å². The maximum atomic E-state index is 11.7. The van der Waals surface area contributed by atoms with Crippen molar-refractivity contribution in [3.05, 3.63) is 33.9 Å². The molecule has 0 radical (unpaired) electrons. The number of anilines is 1. The second kappa shape index (κ2) is 4.77. The number of carbonyl (C=O) groups is 2. The fourth-order valence-electron chi connectivity index (χ4n) is 2.08. The Hall–Kier alpha value is -2.28. The molecule has 0 spiro atoms. The molecule has 19 heavy (non-hydrogen) atoms. The van der Waals surface area contributed by atoms with E-state index >= 15 is 0 Å². The van der Waals surface area contributed by atoms with Gasteiger partial charge in [-0.15, -0.1) is 0 Å². The Morgan fingerprint density at radius 1 is 1.53 bits per heavy atom. The van der Waals surface area contributed by atoms with Crippen molar-refractivity contribution in [2.45, 2.75) is 19.4 Å². The molecule has 1 N–H and O–H groups in total. The Balaban J connectivity index is 2.48. The van der Waals surface area contributed by atoms with E-state index in [2.05, 4.69) is 0 Å². The van der Waals surface area contributed by atoms with Gasteiger partial charge in [0.15, 0.2) is 5.78 Å². The first-order valence-corrected chi connectivity index (χ1v) is 5.68.